The van der Waals surface area contributed by atoms with Crippen LogP contribution in [0, 0.1) is 0 Å². The maximum Gasteiger partial charge on any atom is 0.317 e. The minimum absolute atomic E-state index is 0.0702. The minimum Gasteiger partial charge on any atom is -0.391 e. The average molecular weight is 348 g/mol. The zero-order chi connectivity index (χ0) is 18.3. The summed E-state index contributed by atoms with van der Waals surface area (Å²) in [5.41, 5.74) is 1.11. The molecule has 0 aliphatic carbocycles. The first kappa shape index (κ1) is 19.7. The summed E-state index contributed by atoms with van der Waals surface area (Å²) in [6, 6.07) is 10.5. The van der Waals surface area contributed by atoms with Crippen molar-refractivity contribution in [3.63, 3.8) is 0 Å². The number of carbonyl (C=O) groups excluding carboxylic acids is 1. The molecule has 1 aromatic carbocycles. The number of hydrogen-bond donors (Lipinski definition) is 3. The normalized spacial score (nSPS) is 19.5. The highest BCUT2D eigenvalue weighted by molar-refractivity contribution is 5.74. The summed E-state index contributed by atoms with van der Waals surface area (Å²) in [6.45, 7) is 8.23. The lowest BCUT2D eigenvalue weighted by Gasteiger charge is -2.38. The summed E-state index contributed by atoms with van der Waals surface area (Å²) < 4.78 is 0. The molecular formula is C20H33N3O2. The van der Waals surface area contributed by atoms with Gasteiger partial charge in [-0.15, -0.1) is 0 Å². The molecule has 140 valence electrons. The fourth-order valence-electron chi connectivity index (χ4n) is 3.54. The largest absolute Gasteiger partial charge is 0.391 e. The number of nitrogens with one attached hydrogen (secondary N) is 2. The number of nitrogens with zero attached hydrogens (tertiary/aromatic N) is 1. The molecule has 5 heteroatoms. The lowest BCUT2D eigenvalue weighted by atomic mass is 9.90. The van der Waals surface area contributed by atoms with Crippen LogP contribution in [0.2, 0.25) is 0 Å². The maximum absolute atomic E-state index is 12.5. The van der Waals surface area contributed by atoms with E-state index in [-0.39, 0.29) is 17.6 Å². The van der Waals surface area contributed by atoms with Gasteiger partial charge < -0.3 is 20.6 Å². The van der Waals surface area contributed by atoms with E-state index < -0.39 is 6.10 Å². The third kappa shape index (κ3) is 5.44. The van der Waals surface area contributed by atoms with E-state index in [9.17, 15) is 9.90 Å². The van der Waals surface area contributed by atoms with Gasteiger partial charge in [0.25, 0.3) is 0 Å². The lowest BCUT2D eigenvalue weighted by molar-refractivity contribution is 0.0832. The van der Waals surface area contributed by atoms with Crippen molar-refractivity contribution >= 4 is 6.03 Å². The summed E-state index contributed by atoms with van der Waals surface area (Å²) in [4.78, 5) is 14.2. The van der Waals surface area contributed by atoms with E-state index in [1.807, 2.05) is 6.07 Å². The summed E-state index contributed by atoms with van der Waals surface area (Å²) in [6.07, 6.45) is 3.13. The van der Waals surface area contributed by atoms with Gasteiger partial charge in [0.05, 0.1) is 6.10 Å². The molecule has 0 saturated carbocycles. The third-order valence-electron chi connectivity index (χ3n) is 5.44. The molecule has 2 amide bonds. The second kappa shape index (κ2) is 9.20. The topological polar surface area (TPSA) is 64.6 Å². The smallest absolute Gasteiger partial charge is 0.317 e. The molecule has 1 aromatic rings. The molecule has 1 heterocycles. The van der Waals surface area contributed by atoms with Crippen LogP contribution in [-0.2, 0) is 0 Å². The Labute approximate surface area is 151 Å². The highest BCUT2D eigenvalue weighted by Gasteiger charge is 2.30. The zero-order valence-corrected chi connectivity index (χ0v) is 15.8. The van der Waals surface area contributed by atoms with Gasteiger partial charge in [0.1, 0.15) is 0 Å². The van der Waals surface area contributed by atoms with Crippen molar-refractivity contribution in [3.8, 4) is 0 Å². The van der Waals surface area contributed by atoms with Crippen molar-refractivity contribution in [2.24, 2.45) is 0 Å². The zero-order valence-electron chi connectivity index (χ0n) is 15.8. The predicted molar refractivity (Wildman–Crippen MR) is 102 cm³/mol. The van der Waals surface area contributed by atoms with Crippen molar-refractivity contribution < 1.29 is 9.90 Å². The van der Waals surface area contributed by atoms with Crippen LogP contribution >= 0.6 is 0 Å². The van der Waals surface area contributed by atoms with Gasteiger partial charge in [0.2, 0.25) is 0 Å². The second-order valence-corrected chi connectivity index (χ2v) is 7.16. The van der Waals surface area contributed by atoms with Crippen LogP contribution in [0.5, 0.6) is 0 Å². The quantitative estimate of drug-likeness (QED) is 0.710. The van der Waals surface area contributed by atoms with Crippen molar-refractivity contribution in [1.82, 2.24) is 15.5 Å². The van der Waals surface area contributed by atoms with Gasteiger partial charge in [0.15, 0.2) is 0 Å². The molecule has 25 heavy (non-hydrogen) atoms. The number of hydrogen-bond acceptors (Lipinski definition) is 3. The van der Waals surface area contributed by atoms with Crippen LogP contribution in [0.15, 0.2) is 30.3 Å². The Bertz CT molecular complexity index is 531. The molecule has 0 bridgehead atoms. The summed E-state index contributed by atoms with van der Waals surface area (Å²) in [5, 5.41) is 16.6. The minimum atomic E-state index is -0.391. The number of rotatable bonds is 7. The fourth-order valence-corrected chi connectivity index (χ4v) is 3.54. The van der Waals surface area contributed by atoms with E-state index in [2.05, 4.69) is 55.7 Å². The molecule has 2 unspecified atom stereocenters. The van der Waals surface area contributed by atoms with Crippen LogP contribution in [0.1, 0.15) is 58.1 Å². The Morgan fingerprint density at radius 2 is 2.00 bits per heavy atom. The second-order valence-electron chi connectivity index (χ2n) is 7.16. The Hall–Kier alpha value is -1.59. The number of β-amino-alcohol motifs (C(OH)–C–C–N with tert-alkyl or cyclic N) is 1. The van der Waals surface area contributed by atoms with E-state index in [1.165, 1.54) is 5.56 Å². The van der Waals surface area contributed by atoms with Crippen molar-refractivity contribution in [1.29, 1.82) is 0 Å². The van der Waals surface area contributed by atoms with Crippen LogP contribution in [0.25, 0.3) is 0 Å². The van der Waals surface area contributed by atoms with Gasteiger partial charge in [-0.1, -0.05) is 44.2 Å². The Kier molecular flexibility index (Phi) is 7.26. The standard InChI is InChI=1S/C20H33N3O2/c1-4-20(5-2,22-16(3)17-10-7-6-8-11-17)15-21-19(25)23-13-9-12-18(24)14-23/h6-8,10-11,16,18,22,24H,4-5,9,12-15H2,1-3H3,(H,21,25). The third-order valence-corrected chi connectivity index (χ3v) is 5.44. The molecule has 1 saturated heterocycles. The predicted octanol–water partition coefficient (Wildman–Crippen LogP) is 3.06. The van der Waals surface area contributed by atoms with Gasteiger partial charge in [-0.05, 0) is 38.2 Å². The number of aliphatic hydroxyl groups excluding tert-OH is 1. The van der Waals surface area contributed by atoms with Gasteiger partial charge in [-0.2, -0.15) is 0 Å². The number of carbonyl (C=O) groups is 1. The highest BCUT2D eigenvalue weighted by atomic mass is 16.3. The summed E-state index contributed by atoms with van der Waals surface area (Å²) in [5.74, 6) is 0. The molecule has 1 fully saturated rings. The molecular weight excluding hydrogens is 314 g/mol. The molecule has 2 atom stereocenters. The molecule has 0 radical (unpaired) electrons. The van der Waals surface area contributed by atoms with Crippen LogP contribution in [0.4, 0.5) is 4.79 Å². The average Bonchev–Trinajstić information content (AvgIpc) is 2.65. The summed E-state index contributed by atoms with van der Waals surface area (Å²) in [7, 11) is 0. The lowest BCUT2D eigenvalue weighted by Crippen LogP contribution is -2.56. The van der Waals surface area contributed by atoms with Crippen molar-refractivity contribution in [2.75, 3.05) is 19.6 Å². The SMILES string of the molecule is CCC(CC)(CNC(=O)N1CCCC(O)C1)NC(C)c1ccccc1. The molecule has 3 N–H and O–H groups in total. The number of amides is 2. The maximum atomic E-state index is 12.5. The molecule has 2 rings (SSSR count). The van der Waals surface area contributed by atoms with Gasteiger partial charge in [-0.3, -0.25) is 0 Å². The molecule has 5 nitrogen and oxygen atoms in total. The fraction of sp³-hybridized carbons (Fsp3) is 0.650. The number of aliphatic hydroxyl groups is 1. The monoisotopic (exact) mass is 347 g/mol. The van der Waals surface area contributed by atoms with E-state index in [4.69, 9.17) is 0 Å². The molecule has 0 aromatic heterocycles. The van der Waals surface area contributed by atoms with Gasteiger partial charge in [0, 0.05) is 31.2 Å². The van der Waals surface area contributed by atoms with E-state index in [0.717, 1.165) is 32.2 Å². The highest BCUT2D eigenvalue weighted by Crippen LogP contribution is 2.21. The molecule has 1 aliphatic heterocycles. The first-order valence-electron chi connectivity index (χ1n) is 9.53. The first-order valence-corrected chi connectivity index (χ1v) is 9.53. The van der Waals surface area contributed by atoms with Crippen molar-refractivity contribution in [2.45, 2.75) is 64.1 Å². The molecule has 1 aliphatic rings. The van der Waals surface area contributed by atoms with Crippen LogP contribution in [-0.4, -0.2) is 47.3 Å². The van der Waals surface area contributed by atoms with E-state index >= 15 is 0 Å². The van der Waals surface area contributed by atoms with Crippen LogP contribution < -0.4 is 10.6 Å². The Morgan fingerprint density at radius 3 is 2.60 bits per heavy atom. The van der Waals surface area contributed by atoms with E-state index in [1.54, 1.807) is 4.90 Å². The van der Waals surface area contributed by atoms with Crippen LogP contribution in [0.3, 0.4) is 0 Å². The first-order chi connectivity index (χ1) is 12.0. The number of urea groups is 1. The number of piperidine rings is 1. The Morgan fingerprint density at radius 1 is 1.32 bits per heavy atom. The van der Waals surface area contributed by atoms with Crippen molar-refractivity contribution in [3.05, 3.63) is 35.9 Å². The Balaban J connectivity index is 1.95. The van der Waals surface area contributed by atoms with Gasteiger partial charge in [-0.25, -0.2) is 4.79 Å². The van der Waals surface area contributed by atoms with E-state index in [0.29, 0.717) is 13.1 Å². The number of likely N-dealkylation sites (tertiary alicyclic amines) is 1. The molecule has 0 spiro atoms. The summed E-state index contributed by atoms with van der Waals surface area (Å²) >= 11 is 0. The number of benzene rings is 1. The van der Waals surface area contributed by atoms with Gasteiger partial charge >= 0.3 is 6.03 Å².